The summed E-state index contributed by atoms with van der Waals surface area (Å²) in [6.07, 6.45) is -0.0261. The molecular weight excluding hydrogens is 332 g/mol. The number of carbonyl (C=O) groups is 1. The van der Waals surface area contributed by atoms with Gasteiger partial charge in [0, 0.05) is 19.3 Å². The second-order valence-electron chi connectivity index (χ2n) is 6.76. The minimum Gasteiger partial charge on any atom is -0.460 e. The zero-order valence-corrected chi connectivity index (χ0v) is 17.3. The van der Waals surface area contributed by atoms with Gasteiger partial charge < -0.3 is 23.1 Å². The molecule has 0 spiro atoms. The molecule has 1 N–H and O–H groups in total. The van der Waals surface area contributed by atoms with Crippen molar-refractivity contribution in [2.75, 3.05) is 26.9 Å². The third-order valence-corrected chi connectivity index (χ3v) is 9.24. The Hall–Kier alpha value is -0.516. The normalized spacial score (nSPS) is 15.8. The van der Waals surface area contributed by atoms with E-state index in [-0.39, 0.29) is 13.2 Å². The van der Waals surface area contributed by atoms with Gasteiger partial charge in [0.1, 0.15) is 12.7 Å². The highest BCUT2D eigenvalue weighted by atomic mass is 28.4. The number of hydrogen-bond donors (Lipinski definition) is 1. The van der Waals surface area contributed by atoms with E-state index in [0.717, 1.165) is 12.5 Å². The predicted octanol–water partition coefficient (Wildman–Crippen LogP) is 2.44. The molecule has 0 saturated carbocycles. The highest BCUT2D eigenvalue weighted by Crippen LogP contribution is 2.20. The number of ether oxygens (including phenoxy) is 2. The van der Waals surface area contributed by atoms with Gasteiger partial charge in [-0.25, -0.2) is 4.79 Å². The van der Waals surface area contributed by atoms with Crippen molar-refractivity contribution in [3.8, 4) is 0 Å². The molecule has 8 heteroatoms. The lowest BCUT2D eigenvalue weighted by molar-refractivity contribution is -0.143. The summed E-state index contributed by atoms with van der Waals surface area (Å²) in [5.74, 6) is -0.505. The lowest BCUT2D eigenvalue weighted by Crippen LogP contribution is -2.46. The maximum atomic E-state index is 11.2. The molecule has 2 unspecified atom stereocenters. The van der Waals surface area contributed by atoms with Crippen molar-refractivity contribution in [1.29, 1.82) is 0 Å². The first-order valence-corrected chi connectivity index (χ1v) is 13.8. The molecule has 0 aromatic heterocycles. The Morgan fingerprint density at radius 3 is 2.30 bits per heavy atom. The molecule has 0 bridgehead atoms. The Morgan fingerprint density at radius 1 is 1.22 bits per heavy atom. The topological polar surface area (TPSA) is 74.2 Å². The predicted molar refractivity (Wildman–Crippen MR) is 95.1 cm³/mol. The van der Waals surface area contributed by atoms with Gasteiger partial charge in [-0.3, -0.25) is 0 Å². The van der Waals surface area contributed by atoms with Crippen molar-refractivity contribution in [3.63, 3.8) is 0 Å². The van der Waals surface area contributed by atoms with E-state index in [0.29, 0.717) is 12.2 Å². The SMILES string of the molecule is C=C(C)C(=O)OCC(O)COCCC[Si](C)(OC)O[Si](C)(C)C. The second-order valence-corrected chi connectivity index (χ2v) is 15.0. The van der Waals surface area contributed by atoms with E-state index in [2.05, 4.69) is 32.8 Å². The molecule has 6 nitrogen and oxygen atoms in total. The fraction of sp³-hybridized carbons (Fsp3) is 0.800. The first-order chi connectivity index (χ1) is 10.5. The van der Waals surface area contributed by atoms with Crippen LogP contribution in [0.15, 0.2) is 12.2 Å². The van der Waals surface area contributed by atoms with Crippen LogP contribution in [0.4, 0.5) is 0 Å². The summed E-state index contributed by atoms with van der Waals surface area (Å²) >= 11 is 0. The van der Waals surface area contributed by atoms with Gasteiger partial charge >= 0.3 is 14.5 Å². The van der Waals surface area contributed by atoms with Gasteiger partial charge in [0.25, 0.3) is 0 Å². The van der Waals surface area contributed by atoms with E-state index in [1.807, 2.05) is 0 Å². The van der Waals surface area contributed by atoms with Crippen LogP contribution in [0.1, 0.15) is 13.3 Å². The molecule has 0 saturated heterocycles. The Labute approximate surface area is 142 Å². The number of aliphatic hydroxyl groups excluding tert-OH is 1. The summed E-state index contributed by atoms with van der Waals surface area (Å²) in [7, 11) is -2.07. The van der Waals surface area contributed by atoms with Gasteiger partial charge in [0.05, 0.1) is 6.61 Å². The molecule has 0 amide bonds. The third kappa shape index (κ3) is 11.6. The van der Waals surface area contributed by atoms with Crippen LogP contribution in [-0.2, 0) is 22.8 Å². The summed E-state index contributed by atoms with van der Waals surface area (Å²) in [4.78, 5) is 11.2. The van der Waals surface area contributed by atoms with Crippen LogP contribution in [-0.4, -0.2) is 61.0 Å². The Kier molecular flexibility index (Phi) is 10.1. The van der Waals surface area contributed by atoms with Crippen LogP contribution in [0.3, 0.4) is 0 Å². The van der Waals surface area contributed by atoms with E-state index in [4.69, 9.17) is 18.0 Å². The molecule has 0 aliphatic rings. The summed E-state index contributed by atoms with van der Waals surface area (Å²) in [6, 6.07) is 0.842. The third-order valence-electron chi connectivity index (χ3n) is 2.94. The molecule has 2 atom stereocenters. The highest BCUT2D eigenvalue weighted by Gasteiger charge is 2.35. The molecule has 0 fully saturated rings. The molecule has 0 aromatic rings. The summed E-state index contributed by atoms with van der Waals surface area (Å²) in [5, 5.41) is 9.67. The van der Waals surface area contributed by atoms with Gasteiger partial charge in [-0.05, 0) is 45.6 Å². The summed E-state index contributed by atoms with van der Waals surface area (Å²) in [5.41, 5.74) is 0.310. The largest absolute Gasteiger partial charge is 0.460 e. The molecule has 23 heavy (non-hydrogen) atoms. The van der Waals surface area contributed by atoms with Crippen LogP contribution in [0.25, 0.3) is 0 Å². The number of aliphatic hydroxyl groups is 1. The van der Waals surface area contributed by atoms with E-state index < -0.39 is 29.0 Å². The molecule has 0 rings (SSSR count). The van der Waals surface area contributed by atoms with Crippen molar-refractivity contribution in [2.45, 2.75) is 51.7 Å². The molecule has 0 aliphatic heterocycles. The molecule has 0 aromatic carbocycles. The fourth-order valence-electron chi connectivity index (χ4n) is 1.90. The molecule has 136 valence electrons. The number of esters is 1. The zero-order valence-electron chi connectivity index (χ0n) is 15.3. The minimum absolute atomic E-state index is 0.0883. The van der Waals surface area contributed by atoms with Crippen LogP contribution in [0, 0.1) is 0 Å². The molecular formula is C15H32O6Si2. The van der Waals surface area contributed by atoms with Gasteiger partial charge in [0.15, 0.2) is 8.32 Å². The first-order valence-electron chi connectivity index (χ1n) is 7.83. The van der Waals surface area contributed by atoms with Crippen molar-refractivity contribution < 1.29 is 27.9 Å². The smallest absolute Gasteiger partial charge is 0.333 e. The van der Waals surface area contributed by atoms with E-state index in [1.165, 1.54) is 0 Å². The van der Waals surface area contributed by atoms with Gasteiger partial charge in [0.2, 0.25) is 0 Å². The Morgan fingerprint density at radius 2 is 1.83 bits per heavy atom. The van der Waals surface area contributed by atoms with E-state index in [1.54, 1.807) is 14.0 Å². The van der Waals surface area contributed by atoms with Crippen LogP contribution >= 0.6 is 0 Å². The lowest BCUT2D eigenvalue weighted by atomic mass is 10.3. The maximum Gasteiger partial charge on any atom is 0.333 e. The number of hydrogen-bond acceptors (Lipinski definition) is 6. The number of rotatable bonds is 12. The van der Waals surface area contributed by atoms with E-state index in [9.17, 15) is 9.90 Å². The minimum atomic E-state index is -2.14. The van der Waals surface area contributed by atoms with Gasteiger partial charge in [-0.15, -0.1) is 0 Å². The average molecular weight is 365 g/mol. The standard InChI is InChI=1S/C15H32O6Si2/c1-13(2)15(17)20-12-14(16)11-19-9-8-10-23(7,18-3)21-22(4,5)6/h14,16H,1,8-12H2,2-7H3. The van der Waals surface area contributed by atoms with Crippen molar-refractivity contribution >= 4 is 22.8 Å². The van der Waals surface area contributed by atoms with Crippen LogP contribution in [0.2, 0.25) is 32.2 Å². The Bertz CT molecular complexity index is 383. The highest BCUT2D eigenvalue weighted by molar-refractivity contribution is 6.81. The zero-order chi connectivity index (χ0) is 18.1. The van der Waals surface area contributed by atoms with Gasteiger partial charge in [-0.2, -0.15) is 0 Å². The molecule has 0 radical (unpaired) electrons. The van der Waals surface area contributed by atoms with Crippen molar-refractivity contribution in [1.82, 2.24) is 0 Å². The molecule has 0 heterocycles. The van der Waals surface area contributed by atoms with Crippen molar-refractivity contribution in [3.05, 3.63) is 12.2 Å². The quantitative estimate of drug-likeness (QED) is 0.248. The van der Waals surface area contributed by atoms with Crippen molar-refractivity contribution in [2.24, 2.45) is 0 Å². The maximum absolute atomic E-state index is 11.2. The van der Waals surface area contributed by atoms with Gasteiger partial charge in [-0.1, -0.05) is 6.58 Å². The van der Waals surface area contributed by atoms with Crippen LogP contribution in [0.5, 0.6) is 0 Å². The first kappa shape index (κ1) is 22.5. The second kappa shape index (κ2) is 10.4. The average Bonchev–Trinajstić information content (AvgIpc) is 2.42. The van der Waals surface area contributed by atoms with E-state index >= 15 is 0 Å². The lowest BCUT2D eigenvalue weighted by Gasteiger charge is -2.32. The number of carbonyl (C=O) groups excluding carboxylic acids is 1. The summed E-state index contributed by atoms with van der Waals surface area (Å²) < 4.78 is 22.1. The molecule has 0 aliphatic carbocycles. The van der Waals surface area contributed by atoms with Crippen LogP contribution < -0.4 is 0 Å². The fourth-order valence-corrected chi connectivity index (χ4v) is 8.81. The Balaban J connectivity index is 3.90. The summed E-state index contributed by atoms with van der Waals surface area (Å²) in [6.45, 7) is 14.1. The monoisotopic (exact) mass is 364 g/mol.